The molecule has 0 saturated carbocycles. The first kappa shape index (κ1) is 17.9. The van der Waals surface area contributed by atoms with Crippen molar-refractivity contribution in [2.24, 2.45) is 0 Å². The average Bonchev–Trinajstić information content (AvgIpc) is 3.01. The van der Waals surface area contributed by atoms with Gasteiger partial charge in [-0.3, -0.25) is 9.52 Å². The Morgan fingerprint density at radius 1 is 1.19 bits per heavy atom. The van der Waals surface area contributed by atoms with Gasteiger partial charge in [0, 0.05) is 13.0 Å². The maximum atomic E-state index is 12.8. The van der Waals surface area contributed by atoms with E-state index in [1.807, 2.05) is 0 Å². The van der Waals surface area contributed by atoms with Gasteiger partial charge in [0.05, 0.1) is 21.8 Å². The highest BCUT2D eigenvalue weighted by Gasteiger charge is 2.26. The maximum Gasteiger partial charge on any atom is 0.335 e. The number of carbonyl (C=O) groups excluding carboxylic acids is 1. The maximum absolute atomic E-state index is 12.8. The van der Waals surface area contributed by atoms with Crippen molar-refractivity contribution in [3.63, 3.8) is 0 Å². The molecule has 8 heteroatoms. The van der Waals surface area contributed by atoms with Crippen LogP contribution >= 0.6 is 0 Å². The van der Waals surface area contributed by atoms with Crippen LogP contribution in [0.4, 0.5) is 11.4 Å². The smallest absolute Gasteiger partial charge is 0.335 e. The second-order valence-corrected chi connectivity index (χ2v) is 7.71. The highest BCUT2D eigenvalue weighted by molar-refractivity contribution is 7.92. The molecule has 7 nitrogen and oxygen atoms in total. The fraction of sp³-hybridized carbons (Fsp3) is 0.222. The van der Waals surface area contributed by atoms with Gasteiger partial charge in [-0.2, -0.15) is 0 Å². The van der Waals surface area contributed by atoms with Crippen LogP contribution in [-0.2, 0) is 14.8 Å². The fourth-order valence-corrected chi connectivity index (χ4v) is 4.27. The zero-order chi connectivity index (χ0) is 18.9. The summed E-state index contributed by atoms with van der Waals surface area (Å²) in [5, 5.41) is 9.11. The molecule has 2 N–H and O–H groups in total. The lowest BCUT2D eigenvalue weighted by molar-refractivity contribution is -0.117. The number of sulfonamides is 1. The molecule has 1 heterocycles. The molecule has 1 aliphatic heterocycles. The number of carboxylic acids is 1. The number of carbonyl (C=O) groups is 2. The van der Waals surface area contributed by atoms with Crippen molar-refractivity contribution >= 4 is 33.3 Å². The molecular weight excluding hydrogens is 356 g/mol. The van der Waals surface area contributed by atoms with E-state index >= 15 is 0 Å². The minimum absolute atomic E-state index is 0.0549. The highest BCUT2D eigenvalue weighted by Crippen LogP contribution is 2.31. The Bertz CT molecular complexity index is 985. The van der Waals surface area contributed by atoms with Crippen LogP contribution in [0.25, 0.3) is 0 Å². The van der Waals surface area contributed by atoms with Gasteiger partial charge in [0.2, 0.25) is 5.91 Å². The lowest BCUT2D eigenvalue weighted by atomic mass is 10.1. The SMILES string of the molecule is Cc1ccc(C(=O)O)cc1S(=O)(=O)Nc1ccccc1N1CCCC1=O. The van der Waals surface area contributed by atoms with Crippen LogP contribution < -0.4 is 9.62 Å². The summed E-state index contributed by atoms with van der Waals surface area (Å²) in [6, 6.07) is 10.6. The van der Waals surface area contributed by atoms with E-state index in [2.05, 4.69) is 4.72 Å². The Morgan fingerprint density at radius 3 is 2.58 bits per heavy atom. The van der Waals surface area contributed by atoms with E-state index in [0.717, 1.165) is 12.5 Å². The largest absolute Gasteiger partial charge is 0.478 e. The number of nitrogens with zero attached hydrogens (tertiary/aromatic N) is 1. The first-order valence-electron chi connectivity index (χ1n) is 8.06. The molecule has 3 rings (SSSR count). The first-order chi connectivity index (χ1) is 12.3. The van der Waals surface area contributed by atoms with Gasteiger partial charge in [0.15, 0.2) is 0 Å². The van der Waals surface area contributed by atoms with Crippen molar-refractivity contribution in [2.45, 2.75) is 24.7 Å². The summed E-state index contributed by atoms with van der Waals surface area (Å²) in [7, 11) is -4.02. The number of carboxylic acid groups (broad SMARTS) is 1. The molecule has 0 radical (unpaired) electrons. The molecule has 0 spiro atoms. The summed E-state index contributed by atoms with van der Waals surface area (Å²) < 4.78 is 28.2. The predicted molar refractivity (Wildman–Crippen MR) is 97.0 cm³/mol. The molecular formula is C18H18N2O5S. The normalized spacial score (nSPS) is 14.5. The minimum Gasteiger partial charge on any atom is -0.478 e. The Labute approximate surface area is 151 Å². The van der Waals surface area contributed by atoms with E-state index in [-0.39, 0.29) is 22.1 Å². The number of aromatic carboxylic acids is 1. The van der Waals surface area contributed by atoms with E-state index in [9.17, 15) is 18.0 Å². The van der Waals surface area contributed by atoms with E-state index in [1.165, 1.54) is 12.1 Å². The standard InChI is InChI=1S/C18H18N2O5S/c1-12-8-9-13(18(22)23)11-16(12)26(24,25)19-14-5-2-3-6-15(14)20-10-4-7-17(20)21/h2-3,5-6,8-9,11,19H,4,7,10H2,1H3,(H,22,23). The highest BCUT2D eigenvalue weighted by atomic mass is 32.2. The van der Waals surface area contributed by atoms with Crippen LogP contribution in [0.1, 0.15) is 28.8 Å². The number of anilines is 2. The summed E-state index contributed by atoms with van der Waals surface area (Å²) in [5.74, 6) is -1.26. The van der Waals surface area contributed by atoms with Gasteiger partial charge >= 0.3 is 5.97 Å². The number of aryl methyl sites for hydroxylation is 1. The van der Waals surface area contributed by atoms with Gasteiger partial charge in [0.25, 0.3) is 10.0 Å². The van der Waals surface area contributed by atoms with Crippen LogP contribution in [0.5, 0.6) is 0 Å². The Balaban J connectivity index is 2.00. The fourth-order valence-electron chi connectivity index (χ4n) is 2.92. The molecule has 1 saturated heterocycles. The summed E-state index contributed by atoms with van der Waals surface area (Å²) in [6.07, 6.45) is 1.15. The predicted octanol–water partition coefficient (Wildman–Crippen LogP) is 2.62. The Morgan fingerprint density at radius 2 is 1.92 bits per heavy atom. The van der Waals surface area contributed by atoms with Crippen molar-refractivity contribution in [3.05, 3.63) is 53.6 Å². The molecule has 26 heavy (non-hydrogen) atoms. The summed E-state index contributed by atoms with van der Waals surface area (Å²) >= 11 is 0. The van der Waals surface area contributed by atoms with Crippen LogP contribution in [0, 0.1) is 6.92 Å². The molecule has 0 aromatic heterocycles. The number of rotatable bonds is 5. The number of para-hydroxylation sites is 2. The van der Waals surface area contributed by atoms with Gasteiger partial charge in [-0.1, -0.05) is 18.2 Å². The molecule has 1 fully saturated rings. The topological polar surface area (TPSA) is 104 Å². The molecule has 0 atom stereocenters. The van der Waals surface area contributed by atoms with Crippen molar-refractivity contribution in [2.75, 3.05) is 16.2 Å². The Kier molecular flexibility index (Phi) is 4.69. The summed E-state index contributed by atoms with van der Waals surface area (Å²) in [4.78, 5) is 24.6. The lowest BCUT2D eigenvalue weighted by Crippen LogP contribution is -2.25. The number of nitrogens with one attached hydrogen (secondary N) is 1. The van der Waals surface area contributed by atoms with Crippen LogP contribution in [-0.4, -0.2) is 31.9 Å². The van der Waals surface area contributed by atoms with Crippen molar-refractivity contribution in [3.8, 4) is 0 Å². The third-order valence-corrected chi connectivity index (χ3v) is 5.74. The van der Waals surface area contributed by atoms with Crippen LogP contribution in [0.2, 0.25) is 0 Å². The van der Waals surface area contributed by atoms with Crippen LogP contribution in [0.15, 0.2) is 47.4 Å². The first-order valence-corrected chi connectivity index (χ1v) is 9.54. The van der Waals surface area contributed by atoms with Gasteiger partial charge in [-0.15, -0.1) is 0 Å². The zero-order valence-electron chi connectivity index (χ0n) is 14.1. The average molecular weight is 374 g/mol. The van der Waals surface area contributed by atoms with E-state index in [0.29, 0.717) is 24.2 Å². The molecule has 2 aromatic rings. The molecule has 136 valence electrons. The summed E-state index contributed by atoms with van der Waals surface area (Å²) in [6.45, 7) is 2.13. The lowest BCUT2D eigenvalue weighted by Gasteiger charge is -2.20. The number of amides is 1. The summed E-state index contributed by atoms with van der Waals surface area (Å²) in [5.41, 5.74) is 1.09. The molecule has 1 amide bonds. The molecule has 2 aromatic carbocycles. The second kappa shape index (κ2) is 6.80. The molecule has 0 unspecified atom stereocenters. The monoisotopic (exact) mass is 374 g/mol. The van der Waals surface area contributed by atoms with Gasteiger partial charge < -0.3 is 10.0 Å². The zero-order valence-corrected chi connectivity index (χ0v) is 14.9. The molecule has 0 bridgehead atoms. The van der Waals surface area contributed by atoms with Gasteiger partial charge in [0.1, 0.15) is 0 Å². The van der Waals surface area contributed by atoms with Crippen molar-refractivity contribution < 1.29 is 23.1 Å². The van der Waals surface area contributed by atoms with Gasteiger partial charge in [-0.05, 0) is 43.2 Å². The third kappa shape index (κ3) is 3.41. The number of hydrogen-bond acceptors (Lipinski definition) is 4. The van der Waals surface area contributed by atoms with E-state index < -0.39 is 16.0 Å². The van der Waals surface area contributed by atoms with Crippen molar-refractivity contribution in [1.82, 2.24) is 0 Å². The van der Waals surface area contributed by atoms with Gasteiger partial charge in [-0.25, -0.2) is 13.2 Å². The number of hydrogen-bond donors (Lipinski definition) is 2. The van der Waals surface area contributed by atoms with E-state index in [4.69, 9.17) is 5.11 Å². The third-order valence-electron chi connectivity index (χ3n) is 4.24. The Hall–Kier alpha value is -2.87. The van der Waals surface area contributed by atoms with Crippen molar-refractivity contribution in [1.29, 1.82) is 0 Å². The van der Waals surface area contributed by atoms with E-state index in [1.54, 1.807) is 36.1 Å². The second-order valence-electron chi connectivity index (χ2n) is 6.06. The molecule has 1 aliphatic rings. The molecule has 0 aliphatic carbocycles. The number of benzene rings is 2. The van der Waals surface area contributed by atoms with Crippen LogP contribution in [0.3, 0.4) is 0 Å². The minimum atomic E-state index is -4.02. The quantitative estimate of drug-likeness (QED) is 0.837.